The van der Waals surface area contributed by atoms with Crippen LogP contribution in [0.5, 0.6) is 0 Å². The molecule has 3 rings (SSSR count). The highest BCUT2D eigenvalue weighted by Crippen LogP contribution is 2.20. The average molecular weight is 286 g/mol. The first-order chi connectivity index (χ1) is 10.0. The van der Waals surface area contributed by atoms with Crippen molar-refractivity contribution in [2.45, 2.75) is 13.1 Å². The zero-order valence-electron chi connectivity index (χ0n) is 11.8. The Morgan fingerprint density at radius 2 is 2.00 bits per heavy atom. The second kappa shape index (κ2) is 4.63. The zero-order chi connectivity index (χ0) is 15.1. The van der Waals surface area contributed by atoms with Crippen LogP contribution >= 0.6 is 0 Å². The highest BCUT2D eigenvalue weighted by atomic mass is 16.2. The van der Waals surface area contributed by atoms with Crippen LogP contribution in [-0.2, 0) is 27.2 Å². The Hall–Kier alpha value is -2.82. The van der Waals surface area contributed by atoms with Crippen LogP contribution < -0.4 is 16.1 Å². The number of nitrogens with zero attached hydrogens (tertiary/aromatic N) is 6. The molecule has 0 unspecified atom stereocenters. The van der Waals surface area contributed by atoms with Gasteiger partial charge in [0.2, 0.25) is 0 Å². The van der Waals surface area contributed by atoms with Crippen molar-refractivity contribution in [2.75, 3.05) is 11.4 Å². The highest BCUT2D eigenvalue weighted by Gasteiger charge is 2.24. The van der Waals surface area contributed by atoms with Crippen LogP contribution in [-0.4, -0.2) is 25.2 Å². The molecule has 8 heteroatoms. The van der Waals surface area contributed by atoms with E-state index in [1.165, 1.54) is 11.6 Å². The molecule has 0 spiro atoms. The monoisotopic (exact) mass is 286 g/mol. The summed E-state index contributed by atoms with van der Waals surface area (Å²) < 4.78 is 4.31. The van der Waals surface area contributed by atoms with Gasteiger partial charge in [-0.1, -0.05) is 0 Å². The van der Waals surface area contributed by atoms with Crippen LogP contribution in [0.3, 0.4) is 0 Å². The van der Waals surface area contributed by atoms with Crippen molar-refractivity contribution in [3.63, 3.8) is 0 Å². The summed E-state index contributed by atoms with van der Waals surface area (Å²) >= 11 is 0. The second-order valence-corrected chi connectivity index (χ2v) is 4.97. The SMILES string of the molecule is Cn1c(N2CCn3ccnc3C2)c(C#N)c(=O)n(C)c1=O. The van der Waals surface area contributed by atoms with Crippen molar-refractivity contribution >= 4 is 5.82 Å². The predicted octanol–water partition coefficient (Wildman–Crippen LogP) is -0.828. The summed E-state index contributed by atoms with van der Waals surface area (Å²) in [7, 11) is 2.94. The normalized spacial score (nSPS) is 13.9. The van der Waals surface area contributed by atoms with E-state index in [1.54, 1.807) is 13.2 Å². The lowest BCUT2D eigenvalue weighted by Gasteiger charge is -2.31. The lowest BCUT2D eigenvalue weighted by atomic mass is 10.2. The van der Waals surface area contributed by atoms with Crippen LogP contribution in [0.15, 0.2) is 22.0 Å². The molecule has 0 saturated heterocycles. The third kappa shape index (κ3) is 1.86. The number of fused-ring (bicyclic) bond motifs is 1. The van der Waals surface area contributed by atoms with E-state index in [0.29, 0.717) is 25.5 Å². The molecule has 0 aromatic carbocycles. The van der Waals surface area contributed by atoms with Gasteiger partial charge in [0.1, 0.15) is 17.7 Å². The lowest BCUT2D eigenvalue weighted by Crippen LogP contribution is -2.44. The molecule has 2 aromatic rings. The summed E-state index contributed by atoms with van der Waals surface area (Å²) in [6, 6.07) is 1.93. The summed E-state index contributed by atoms with van der Waals surface area (Å²) in [6.07, 6.45) is 3.61. The van der Waals surface area contributed by atoms with Gasteiger partial charge < -0.3 is 9.47 Å². The topological polar surface area (TPSA) is 88.8 Å². The molecule has 0 bridgehead atoms. The fourth-order valence-corrected chi connectivity index (χ4v) is 2.66. The van der Waals surface area contributed by atoms with Crippen LogP contribution in [0.1, 0.15) is 11.4 Å². The minimum absolute atomic E-state index is 0.0143. The summed E-state index contributed by atoms with van der Waals surface area (Å²) in [6.45, 7) is 1.77. The molecule has 1 aliphatic heterocycles. The van der Waals surface area contributed by atoms with E-state index in [1.807, 2.05) is 21.7 Å². The number of hydrogen-bond acceptors (Lipinski definition) is 5. The lowest BCUT2D eigenvalue weighted by molar-refractivity contribution is 0.541. The van der Waals surface area contributed by atoms with Crippen LogP contribution in [0, 0.1) is 11.3 Å². The number of rotatable bonds is 1. The predicted molar refractivity (Wildman–Crippen MR) is 74.9 cm³/mol. The van der Waals surface area contributed by atoms with Gasteiger partial charge in [0.05, 0.1) is 6.54 Å². The quantitative estimate of drug-likeness (QED) is 0.683. The van der Waals surface area contributed by atoms with Gasteiger partial charge >= 0.3 is 5.69 Å². The van der Waals surface area contributed by atoms with Gasteiger partial charge in [0.15, 0.2) is 5.56 Å². The maximum absolute atomic E-state index is 12.1. The van der Waals surface area contributed by atoms with Crippen LogP contribution in [0.4, 0.5) is 5.82 Å². The Morgan fingerprint density at radius 3 is 2.71 bits per heavy atom. The van der Waals surface area contributed by atoms with Gasteiger partial charge in [-0.25, -0.2) is 9.78 Å². The second-order valence-electron chi connectivity index (χ2n) is 4.97. The minimum atomic E-state index is -0.565. The largest absolute Gasteiger partial charge is 0.347 e. The molecule has 0 N–H and O–H groups in total. The summed E-state index contributed by atoms with van der Waals surface area (Å²) in [4.78, 5) is 30.3. The molecule has 0 radical (unpaired) electrons. The number of anilines is 1. The molecule has 8 nitrogen and oxygen atoms in total. The molecule has 2 aromatic heterocycles. The van der Waals surface area contributed by atoms with Gasteiger partial charge in [0.25, 0.3) is 5.56 Å². The van der Waals surface area contributed by atoms with Crippen molar-refractivity contribution in [3.8, 4) is 6.07 Å². The molecule has 0 atom stereocenters. The fourth-order valence-electron chi connectivity index (χ4n) is 2.66. The van der Waals surface area contributed by atoms with Gasteiger partial charge in [-0.2, -0.15) is 5.26 Å². The molecule has 108 valence electrons. The first-order valence-corrected chi connectivity index (χ1v) is 6.49. The summed E-state index contributed by atoms with van der Waals surface area (Å²) in [5.74, 6) is 1.21. The molecular weight excluding hydrogens is 272 g/mol. The van der Waals surface area contributed by atoms with Gasteiger partial charge in [0, 0.05) is 39.6 Å². The Morgan fingerprint density at radius 1 is 1.24 bits per heavy atom. The van der Waals surface area contributed by atoms with E-state index in [9.17, 15) is 14.9 Å². The fraction of sp³-hybridized carbons (Fsp3) is 0.385. The third-order valence-corrected chi connectivity index (χ3v) is 3.79. The summed E-state index contributed by atoms with van der Waals surface area (Å²) in [5.41, 5.74) is -1.02. The van der Waals surface area contributed by atoms with E-state index >= 15 is 0 Å². The van der Waals surface area contributed by atoms with E-state index in [-0.39, 0.29) is 5.56 Å². The van der Waals surface area contributed by atoms with E-state index in [4.69, 9.17) is 0 Å². The van der Waals surface area contributed by atoms with Gasteiger partial charge in [-0.05, 0) is 0 Å². The molecule has 1 aliphatic rings. The van der Waals surface area contributed by atoms with Gasteiger partial charge in [-0.15, -0.1) is 0 Å². The molecular formula is C13H14N6O2. The van der Waals surface area contributed by atoms with Crippen LogP contribution in [0.25, 0.3) is 0 Å². The maximum atomic E-state index is 12.1. The number of hydrogen-bond donors (Lipinski definition) is 0. The minimum Gasteiger partial charge on any atom is -0.347 e. The van der Waals surface area contributed by atoms with Gasteiger partial charge in [-0.3, -0.25) is 13.9 Å². The van der Waals surface area contributed by atoms with E-state index < -0.39 is 11.2 Å². The van der Waals surface area contributed by atoms with Crippen LogP contribution in [0.2, 0.25) is 0 Å². The van der Waals surface area contributed by atoms with Crippen molar-refractivity contribution in [2.24, 2.45) is 14.1 Å². The third-order valence-electron chi connectivity index (χ3n) is 3.79. The van der Waals surface area contributed by atoms with E-state index in [0.717, 1.165) is 10.4 Å². The first kappa shape index (κ1) is 13.2. The van der Waals surface area contributed by atoms with Crippen molar-refractivity contribution < 1.29 is 0 Å². The maximum Gasteiger partial charge on any atom is 0.332 e. The standard InChI is InChI=1S/C13H14N6O2/c1-16-11(9(7-14)12(20)17(2)13(16)21)19-6-5-18-4-3-15-10(18)8-19/h3-4H,5-6,8H2,1-2H3. The smallest absolute Gasteiger partial charge is 0.332 e. The number of nitriles is 1. The van der Waals surface area contributed by atoms with Crippen molar-refractivity contribution in [1.29, 1.82) is 5.26 Å². The molecule has 0 amide bonds. The Kier molecular flexibility index (Phi) is 2.90. The van der Waals surface area contributed by atoms with E-state index in [2.05, 4.69) is 4.98 Å². The first-order valence-electron chi connectivity index (χ1n) is 6.49. The highest BCUT2D eigenvalue weighted by molar-refractivity contribution is 5.53. The molecule has 21 heavy (non-hydrogen) atoms. The Bertz CT molecular complexity index is 866. The van der Waals surface area contributed by atoms with Crippen molar-refractivity contribution in [1.82, 2.24) is 18.7 Å². The molecule has 3 heterocycles. The average Bonchev–Trinajstić information content (AvgIpc) is 2.96. The number of imidazole rings is 1. The zero-order valence-corrected chi connectivity index (χ0v) is 11.8. The molecule has 0 saturated carbocycles. The molecule has 0 aliphatic carbocycles. The number of aromatic nitrogens is 4. The summed E-state index contributed by atoms with van der Waals surface area (Å²) in [5, 5.41) is 9.30. The van der Waals surface area contributed by atoms with Crippen molar-refractivity contribution in [3.05, 3.63) is 44.6 Å². The molecule has 0 fully saturated rings. The Labute approximate surface area is 120 Å². The Balaban J connectivity index is 2.19.